The van der Waals surface area contributed by atoms with E-state index < -0.39 is 8.07 Å². The molecular formula is C10H19Si. The second-order valence-electron chi connectivity index (χ2n) is 3.40. The molecule has 0 aromatic heterocycles. The fourth-order valence-corrected chi connectivity index (χ4v) is 4.23. The SMILES string of the molecule is [CH2]CC[Si](C)(CC=C)CC=C. The van der Waals surface area contributed by atoms with E-state index in [1.54, 1.807) is 0 Å². The highest BCUT2D eigenvalue weighted by Crippen LogP contribution is 2.22. The van der Waals surface area contributed by atoms with Crippen molar-refractivity contribution in [3.8, 4) is 0 Å². The molecule has 0 aliphatic rings. The number of rotatable bonds is 6. The Bertz CT molecular complexity index is 117. The molecule has 0 fully saturated rings. The molecule has 0 bridgehead atoms. The summed E-state index contributed by atoms with van der Waals surface area (Å²) in [5.74, 6) is 0. The summed E-state index contributed by atoms with van der Waals surface area (Å²) >= 11 is 0. The zero-order valence-electron chi connectivity index (χ0n) is 7.60. The van der Waals surface area contributed by atoms with Gasteiger partial charge in [-0.05, 0) is 12.1 Å². The smallest absolute Gasteiger partial charge is 0.0579 e. The van der Waals surface area contributed by atoms with Crippen molar-refractivity contribution in [3.63, 3.8) is 0 Å². The third kappa shape index (κ3) is 4.20. The first kappa shape index (κ1) is 10.7. The standard InChI is InChI=1S/C10H19Si/c1-5-8-11(4,9-6-2)10-7-3/h5-6H,1-3,7-10H2,4H3. The maximum Gasteiger partial charge on any atom is 0.0579 e. The van der Waals surface area contributed by atoms with Gasteiger partial charge in [0.1, 0.15) is 0 Å². The molecule has 0 spiro atoms. The molecule has 0 aromatic rings. The molecule has 0 N–H and O–H groups in total. The highest BCUT2D eigenvalue weighted by atomic mass is 28.3. The molecule has 0 saturated carbocycles. The van der Waals surface area contributed by atoms with E-state index in [0.29, 0.717) is 0 Å². The van der Waals surface area contributed by atoms with E-state index in [1.807, 2.05) is 12.2 Å². The van der Waals surface area contributed by atoms with Gasteiger partial charge in [0.25, 0.3) is 0 Å². The fourth-order valence-electron chi connectivity index (χ4n) is 1.41. The molecule has 0 aliphatic carbocycles. The number of allylic oxidation sites excluding steroid dienone is 2. The first-order valence-electron chi connectivity index (χ1n) is 4.19. The molecule has 0 unspecified atom stereocenters. The van der Waals surface area contributed by atoms with Gasteiger partial charge in [-0.3, -0.25) is 0 Å². The maximum atomic E-state index is 3.90. The number of hydrogen-bond donors (Lipinski definition) is 0. The molecule has 0 nitrogen and oxygen atoms in total. The van der Waals surface area contributed by atoms with Crippen LogP contribution < -0.4 is 0 Å². The van der Waals surface area contributed by atoms with Crippen molar-refractivity contribution in [2.24, 2.45) is 0 Å². The van der Waals surface area contributed by atoms with Crippen LogP contribution >= 0.6 is 0 Å². The predicted octanol–water partition coefficient (Wildman–Crippen LogP) is 3.66. The van der Waals surface area contributed by atoms with Crippen LogP contribution in [0.3, 0.4) is 0 Å². The Morgan fingerprint density at radius 2 is 1.64 bits per heavy atom. The lowest BCUT2D eigenvalue weighted by molar-refractivity contribution is 1.13. The van der Waals surface area contributed by atoms with Crippen molar-refractivity contribution in [2.75, 3.05) is 0 Å². The van der Waals surface area contributed by atoms with Crippen molar-refractivity contribution < 1.29 is 0 Å². The Morgan fingerprint density at radius 1 is 1.18 bits per heavy atom. The van der Waals surface area contributed by atoms with Crippen LogP contribution in [0.4, 0.5) is 0 Å². The normalized spacial score (nSPS) is 11.1. The molecule has 0 aliphatic heterocycles. The average molecular weight is 167 g/mol. The molecule has 11 heavy (non-hydrogen) atoms. The molecule has 63 valence electrons. The molecule has 0 saturated heterocycles. The quantitative estimate of drug-likeness (QED) is 0.418. The topological polar surface area (TPSA) is 0 Å². The minimum Gasteiger partial charge on any atom is -0.103 e. The lowest BCUT2D eigenvalue weighted by Crippen LogP contribution is -2.27. The van der Waals surface area contributed by atoms with Crippen molar-refractivity contribution in [3.05, 3.63) is 32.2 Å². The summed E-state index contributed by atoms with van der Waals surface area (Å²) in [6.45, 7) is 13.9. The zero-order valence-corrected chi connectivity index (χ0v) is 8.60. The van der Waals surface area contributed by atoms with Crippen LogP contribution in [0.25, 0.3) is 0 Å². The van der Waals surface area contributed by atoms with Crippen molar-refractivity contribution in [1.29, 1.82) is 0 Å². The lowest BCUT2D eigenvalue weighted by Gasteiger charge is -2.23. The Balaban J connectivity index is 3.98. The minimum atomic E-state index is -1.05. The van der Waals surface area contributed by atoms with E-state index in [0.717, 1.165) is 6.42 Å². The molecule has 0 atom stereocenters. The summed E-state index contributed by atoms with van der Waals surface area (Å²) in [5, 5.41) is 0. The zero-order chi connectivity index (χ0) is 8.74. The van der Waals surface area contributed by atoms with Crippen LogP contribution in [0.5, 0.6) is 0 Å². The van der Waals surface area contributed by atoms with Gasteiger partial charge < -0.3 is 0 Å². The summed E-state index contributed by atoms with van der Waals surface area (Å²) < 4.78 is 0. The molecule has 1 radical (unpaired) electrons. The second-order valence-corrected chi connectivity index (χ2v) is 8.34. The van der Waals surface area contributed by atoms with E-state index in [-0.39, 0.29) is 0 Å². The van der Waals surface area contributed by atoms with Crippen molar-refractivity contribution in [1.82, 2.24) is 0 Å². The summed E-state index contributed by atoms with van der Waals surface area (Å²) in [6, 6.07) is 3.70. The van der Waals surface area contributed by atoms with E-state index in [4.69, 9.17) is 0 Å². The number of hydrogen-bond acceptors (Lipinski definition) is 0. The van der Waals surface area contributed by atoms with E-state index in [9.17, 15) is 0 Å². The highest BCUT2D eigenvalue weighted by Gasteiger charge is 2.21. The van der Waals surface area contributed by atoms with Gasteiger partial charge in [-0.2, -0.15) is 0 Å². The van der Waals surface area contributed by atoms with Gasteiger partial charge >= 0.3 is 0 Å². The lowest BCUT2D eigenvalue weighted by atomic mass is 10.6. The van der Waals surface area contributed by atoms with Crippen LogP contribution in [0.15, 0.2) is 25.3 Å². The maximum absolute atomic E-state index is 3.90. The summed E-state index contributed by atoms with van der Waals surface area (Å²) in [6.07, 6.45) is 5.15. The Labute approximate surface area is 72.0 Å². The Morgan fingerprint density at radius 3 is 1.91 bits per heavy atom. The van der Waals surface area contributed by atoms with Gasteiger partial charge in [-0.1, -0.05) is 38.1 Å². The first-order chi connectivity index (χ1) is 5.18. The molecule has 1 heteroatoms. The minimum absolute atomic E-state index is 1.05. The van der Waals surface area contributed by atoms with E-state index >= 15 is 0 Å². The predicted molar refractivity (Wildman–Crippen MR) is 56.4 cm³/mol. The molecule has 0 rings (SSSR count). The third-order valence-corrected chi connectivity index (χ3v) is 6.16. The molecular weight excluding hydrogens is 148 g/mol. The molecule has 0 heterocycles. The first-order valence-corrected chi connectivity index (χ1v) is 7.31. The van der Waals surface area contributed by atoms with Crippen molar-refractivity contribution in [2.45, 2.75) is 31.1 Å². The Kier molecular flexibility index (Phi) is 5.21. The van der Waals surface area contributed by atoms with E-state index in [1.165, 1.54) is 18.1 Å². The molecule has 0 amide bonds. The van der Waals surface area contributed by atoms with Crippen LogP contribution in [0, 0.1) is 6.92 Å². The summed E-state index contributed by atoms with van der Waals surface area (Å²) in [4.78, 5) is 0. The third-order valence-electron chi connectivity index (χ3n) is 2.05. The van der Waals surface area contributed by atoms with Crippen LogP contribution in [-0.2, 0) is 0 Å². The van der Waals surface area contributed by atoms with Crippen LogP contribution in [-0.4, -0.2) is 8.07 Å². The second kappa shape index (κ2) is 5.36. The van der Waals surface area contributed by atoms with Gasteiger partial charge in [-0.15, -0.1) is 13.2 Å². The van der Waals surface area contributed by atoms with Gasteiger partial charge in [0.15, 0.2) is 0 Å². The van der Waals surface area contributed by atoms with Gasteiger partial charge in [-0.25, -0.2) is 0 Å². The van der Waals surface area contributed by atoms with Crippen LogP contribution in [0.2, 0.25) is 24.7 Å². The summed E-state index contributed by atoms with van der Waals surface area (Å²) in [7, 11) is -1.05. The fraction of sp³-hybridized carbons (Fsp3) is 0.500. The highest BCUT2D eigenvalue weighted by molar-refractivity contribution is 6.79. The van der Waals surface area contributed by atoms with Gasteiger partial charge in [0.05, 0.1) is 8.07 Å². The largest absolute Gasteiger partial charge is 0.103 e. The Hall–Kier alpha value is -0.303. The summed E-state index contributed by atoms with van der Waals surface area (Å²) in [5.41, 5.74) is 0. The van der Waals surface area contributed by atoms with Crippen molar-refractivity contribution >= 4 is 8.07 Å². The van der Waals surface area contributed by atoms with Crippen LogP contribution in [0.1, 0.15) is 6.42 Å². The van der Waals surface area contributed by atoms with Gasteiger partial charge in [0.2, 0.25) is 0 Å². The van der Waals surface area contributed by atoms with Gasteiger partial charge in [0, 0.05) is 0 Å². The monoisotopic (exact) mass is 167 g/mol. The molecule has 0 aromatic carbocycles. The average Bonchev–Trinajstić information content (AvgIpc) is 1.88. The van der Waals surface area contributed by atoms with E-state index in [2.05, 4.69) is 26.6 Å².